The highest BCUT2D eigenvalue weighted by atomic mass is 32.2. The van der Waals surface area contributed by atoms with Crippen molar-refractivity contribution >= 4 is 34.6 Å². The molecule has 2 aliphatic rings. The number of carbonyl (C=O) groups is 1. The van der Waals surface area contributed by atoms with Crippen LogP contribution >= 0.6 is 11.8 Å². The summed E-state index contributed by atoms with van der Waals surface area (Å²) in [5.74, 6) is -0.632. The van der Waals surface area contributed by atoms with Gasteiger partial charge in [-0.25, -0.2) is 14.0 Å². The first kappa shape index (κ1) is 31.1. The molecule has 0 aliphatic carbocycles. The Hall–Kier alpha value is -3.32. The Balaban J connectivity index is 1.73. The Morgan fingerprint density at radius 2 is 1.72 bits per heavy atom. The molecule has 0 bridgehead atoms. The molecular formula is C30H34F4N4O4S. The van der Waals surface area contributed by atoms with Gasteiger partial charge >= 0.3 is 18.0 Å². The quantitative estimate of drug-likeness (QED) is 0.371. The van der Waals surface area contributed by atoms with Crippen LogP contribution in [0.3, 0.4) is 0 Å². The van der Waals surface area contributed by atoms with E-state index >= 15 is 0 Å². The number of aliphatic hydroxyl groups is 1. The number of benzene rings is 2. The molecular weight excluding hydrogens is 588 g/mol. The molecule has 13 heteroatoms. The number of hydrogen-bond donors (Lipinski definition) is 1. The van der Waals surface area contributed by atoms with Crippen LogP contribution in [0.2, 0.25) is 0 Å². The third-order valence-corrected chi connectivity index (χ3v) is 8.95. The van der Waals surface area contributed by atoms with Crippen molar-refractivity contribution in [3.63, 3.8) is 0 Å². The molecule has 1 amide bonds. The molecule has 1 saturated heterocycles. The summed E-state index contributed by atoms with van der Waals surface area (Å²) in [6.45, 7) is 9.14. The Morgan fingerprint density at radius 3 is 2.28 bits per heavy atom. The maximum absolute atomic E-state index is 14.8. The molecule has 0 saturated carbocycles. The van der Waals surface area contributed by atoms with E-state index in [1.165, 1.54) is 16.7 Å². The zero-order chi connectivity index (χ0) is 31.4. The molecule has 2 aromatic carbocycles. The molecule has 1 fully saturated rings. The molecule has 0 spiro atoms. The van der Waals surface area contributed by atoms with Gasteiger partial charge in [-0.2, -0.15) is 18.2 Å². The van der Waals surface area contributed by atoms with Crippen LogP contribution in [-0.2, 0) is 17.5 Å². The zero-order valence-electron chi connectivity index (χ0n) is 24.5. The summed E-state index contributed by atoms with van der Waals surface area (Å²) in [4.78, 5) is 34.4. The lowest BCUT2D eigenvalue weighted by Gasteiger charge is -2.45. The zero-order valence-corrected chi connectivity index (χ0v) is 25.4. The molecule has 5 rings (SSSR count). The predicted octanol–water partition coefficient (Wildman–Crippen LogP) is 5.77. The summed E-state index contributed by atoms with van der Waals surface area (Å²) in [5.41, 5.74) is -1.99. The average molecular weight is 623 g/mol. The van der Waals surface area contributed by atoms with Crippen molar-refractivity contribution in [3.05, 3.63) is 52.2 Å². The van der Waals surface area contributed by atoms with Gasteiger partial charge in [0.15, 0.2) is 0 Å². The molecule has 8 nitrogen and oxygen atoms in total. The largest absolute Gasteiger partial charge is 0.444 e. The third kappa shape index (κ3) is 6.06. The van der Waals surface area contributed by atoms with Crippen LogP contribution in [0.5, 0.6) is 0 Å². The van der Waals surface area contributed by atoms with Gasteiger partial charge in [-0.15, -0.1) is 11.8 Å². The number of aliphatic hydroxyl groups excluding tert-OH is 1. The molecule has 1 N–H and O–H groups in total. The van der Waals surface area contributed by atoms with Crippen molar-refractivity contribution in [1.82, 2.24) is 14.5 Å². The molecule has 3 atom stereocenters. The number of thioether (sulfide) groups is 1. The van der Waals surface area contributed by atoms with Gasteiger partial charge in [0.1, 0.15) is 17.2 Å². The maximum Gasteiger partial charge on any atom is 0.417 e. The standard InChI is InChI=1S/C30H34F4N4O4S/c1-16-11-36(12-17(2)38(16)28(41)42-29(3,4)5)26-21-10-22(30(32,33)34)23(19-6-8-20(31)9-7-19)25-24(21)37(27(40)35-26)13-18(14-39)15-43-25/h6-10,16-18,39H,11-15H2,1-5H3/t16-,17+,18?. The van der Waals surface area contributed by atoms with E-state index in [-0.39, 0.29) is 64.7 Å². The highest BCUT2D eigenvalue weighted by Crippen LogP contribution is 2.48. The van der Waals surface area contributed by atoms with Crippen LogP contribution in [0.1, 0.15) is 40.2 Å². The maximum atomic E-state index is 14.8. The van der Waals surface area contributed by atoms with Crippen LogP contribution in [-0.4, -0.2) is 68.8 Å². The van der Waals surface area contributed by atoms with Crippen molar-refractivity contribution in [1.29, 1.82) is 0 Å². The lowest BCUT2D eigenvalue weighted by atomic mass is 9.96. The van der Waals surface area contributed by atoms with E-state index in [9.17, 15) is 32.3 Å². The Morgan fingerprint density at radius 1 is 1.09 bits per heavy atom. The number of alkyl halides is 3. The van der Waals surface area contributed by atoms with E-state index < -0.39 is 52.9 Å². The van der Waals surface area contributed by atoms with Gasteiger partial charge in [-0.1, -0.05) is 12.1 Å². The van der Waals surface area contributed by atoms with E-state index in [0.717, 1.165) is 30.0 Å². The lowest BCUT2D eigenvalue weighted by molar-refractivity contribution is -0.137. The molecule has 0 radical (unpaired) electrons. The highest BCUT2D eigenvalue weighted by molar-refractivity contribution is 7.99. The molecule has 232 valence electrons. The number of amides is 1. The van der Waals surface area contributed by atoms with E-state index in [0.29, 0.717) is 0 Å². The normalized spacial score (nSPS) is 21.2. The van der Waals surface area contributed by atoms with Crippen LogP contribution in [0.4, 0.5) is 28.2 Å². The summed E-state index contributed by atoms with van der Waals surface area (Å²) < 4.78 is 65.1. The summed E-state index contributed by atoms with van der Waals surface area (Å²) in [6.07, 6.45) is -5.28. The van der Waals surface area contributed by atoms with Crippen molar-refractivity contribution in [2.75, 3.05) is 30.3 Å². The molecule has 1 aromatic heterocycles. The minimum Gasteiger partial charge on any atom is -0.444 e. The number of halogens is 4. The summed E-state index contributed by atoms with van der Waals surface area (Å²) in [5, 5.41) is 10.1. The second-order valence-corrected chi connectivity index (χ2v) is 13.2. The number of aromatic nitrogens is 2. The van der Waals surface area contributed by atoms with Crippen LogP contribution < -0.4 is 10.6 Å². The number of anilines is 1. The fraction of sp³-hybridized carbons (Fsp3) is 0.500. The SMILES string of the molecule is C[C@@H]1CN(c2nc(=O)n3c4c(c(-c5ccc(F)cc5)c(C(F)(F)F)cc24)SCC(CO)C3)C[C@H](C)N1C(=O)OC(C)(C)C. The average Bonchev–Trinajstić information content (AvgIpc) is 3.10. The first-order valence-corrected chi connectivity index (χ1v) is 15.0. The summed E-state index contributed by atoms with van der Waals surface area (Å²) in [6, 6.07) is 5.00. The van der Waals surface area contributed by atoms with Crippen molar-refractivity contribution < 1.29 is 32.2 Å². The molecule has 2 aliphatic heterocycles. The van der Waals surface area contributed by atoms with E-state index in [2.05, 4.69) is 4.98 Å². The van der Waals surface area contributed by atoms with E-state index in [4.69, 9.17) is 4.74 Å². The number of carbonyl (C=O) groups excluding carboxylic acids is 1. The van der Waals surface area contributed by atoms with Gasteiger partial charge in [0.05, 0.1) is 23.2 Å². The highest BCUT2D eigenvalue weighted by Gasteiger charge is 2.40. The van der Waals surface area contributed by atoms with Gasteiger partial charge < -0.3 is 14.7 Å². The van der Waals surface area contributed by atoms with Gasteiger partial charge in [0, 0.05) is 53.8 Å². The minimum absolute atomic E-state index is 0.0760. The monoisotopic (exact) mass is 622 g/mol. The van der Waals surface area contributed by atoms with Gasteiger partial charge in [0.2, 0.25) is 0 Å². The minimum atomic E-state index is -4.79. The van der Waals surface area contributed by atoms with Gasteiger partial charge in [0.25, 0.3) is 0 Å². The first-order chi connectivity index (χ1) is 20.1. The fourth-order valence-corrected chi connectivity index (χ4v) is 7.21. The number of nitrogens with zero attached hydrogens (tertiary/aromatic N) is 4. The number of hydrogen-bond acceptors (Lipinski definition) is 7. The number of rotatable bonds is 3. The smallest absolute Gasteiger partial charge is 0.417 e. The van der Waals surface area contributed by atoms with Crippen LogP contribution in [0.15, 0.2) is 40.0 Å². The first-order valence-electron chi connectivity index (χ1n) is 14.0. The predicted molar refractivity (Wildman–Crippen MR) is 157 cm³/mol. The van der Waals surface area contributed by atoms with Gasteiger partial charge in [-0.05, 0) is 58.4 Å². The second-order valence-electron chi connectivity index (χ2n) is 12.2. The van der Waals surface area contributed by atoms with Crippen LogP contribution in [0.25, 0.3) is 22.0 Å². The number of ether oxygens (including phenoxy) is 1. The van der Waals surface area contributed by atoms with E-state index in [1.54, 1.807) is 30.6 Å². The molecule has 3 aromatic rings. The Bertz CT molecular complexity index is 1590. The summed E-state index contributed by atoms with van der Waals surface area (Å²) in [7, 11) is 0. The molecule has 1 unspecified atom stereocenters. The van der Waals surface area contributed by atoms with Gasteiger partial charge in [-0.3, -0.25) is 9.47 Å². The van der Waals surface area contributed by atoms with Crippen molar-refractivity contribution in [2.45, 2.75) is 69.9 Å². The second kappa shape index (κ2) is 11.3. The molecule has 43 heavy (non-hydrogen) atoms. The Labute approximate surface area is 250 Å². The van der Waals surface area contributed by atoms with Crippen molar-refractivity contribution in [2.24, 2.45) is 5.92 Å². The van der Waals surface area contributed by atoms with E-state index in [1.807, 2.05) is 13.8 Å². The molecule has 3 heterocycles. The van der Waals surface area contributed by atoms with Crippen molar-refractivity contribution in [3.8, 4) is 11.1 Å². The van der Waals surface area contributed by atoms with Crippen LogP contribution in [0, 0.1) is 11.7 Å². The number of piperazine rings is 1. The topological polar surface area (TPSA) is 87.9 Å². The fourth-order valence-electron chi connectivity index (χ4n) is 5.86. The Kier molecular flexibility index (Phi) is 8.18. The third-order valence-electron chi connectivity index (χ3n) is 7.62. The lowest BCUT2D eigenvalue weighted by Crippen LogP contribution is -2.59. The summed E-state index contributed by atoms with van der Waals surface area (Å²) >= 11 is 1.14.